The summed E-state index contributed by atoms with van der Waals surface area (Å²) in [5.41, 5.74) is 0.700. The number of aromatic nitrogens is 2. The quantitative estimate of drug-likeness (QED) is 0.831. The molecule has 1 fully saturated rings. The molecule has 1 unspecified atom stereocenters. The standard InChI is InChI=1S/C12H18N4O4/c1-7-9(11(17)18)10(15(2)14-7)16-5-4-8(6-16)13-12(19)20-3/h8H,4-6H2,1-3H3,(H,13,19)(H,17,18). The van der Waals surface area contributed by atoms with Gasteiger partial charge in [0.15, 0.2) is 0 Å². The molecule has 110 valence electrons. The number of anilines is 1. The maximum Gasteiger partial charge on any atom is 0.407 e. The van der Waals surface area contributed by atoms with Gasteiger partial charge in [0.1, 0.15) is 11.4 Å². The van der Waals surface area contributed by atoms with Crippen LogP contribution in [0.15, 0.2) is 0 Å². The Labute approximate surface area is 116 Å². The number of aromatic carboxylic acids is 1. The summed E-state index contributed by atoms with van der Waals surface area (Å²) in [5.74, 6) is -0.417. The number of methoxy groups -OCH3 is 1. The minimum absolute atomic E-state index is 0.0562. The molecule has 1 aliphatic rings. The lowest BCUT2D eigenvalue weighted by Gasteiger charge is -2.19. The third-order valence-corrected chi connectivity index (χ3v) is 3.40. The number of alkyl carbamates (subject to hydrolysis) is 1. The smallest absolute Gasteiger partial charge is 0.407 e. The van der Waals surface area contributed by atoms with Crippen LogP contribution in [0.5, 0.6) is 0 Å². The Morgan fingerprint density at radius 1 is 1.50 bits per heavy atom. The van der Waals surface area contributed by atoms with E-state index in [2.05, 4.69) is 15.2 Å². The first kappa shape index (κ1) is 14.2. The molecule has 0 radical (unpaired) electrons. The van der Waals surface area contributed by atoms with E-state index in [0.717, 1.165) is 6.42 Å². The molecule has 8 heteroatoms. The number of carbonyl (C=O) groups excluding carboxylic acids is 1. The van der Waals surface area contributed by atoms with Crippen LogP contribution >= 0.6 is 0 Å². The normalized spacial score (nSPS) is 18.1. The molecule has 1 saturated heterocycles. The summed E-state index contributed by atoms with van der Waals surface area (Å²) in [6.07, 6.45) is 0.259. The van der Waals surface area contributed by atoms with Crippen molar-refractivity contribution >= 4 is 17.9 Å². The van der Waals surface area contributed by atoms with E-state index in [0.29, 0.717) is 24.6 Å². The predicted octanol–water partition coefficient (Wildman–Crippen LogP) is 0.361. The lowest BCUT2D eigenvalue weighted by Crippen LogP contribution is -2.37. The van der Waals surface area contributed by atoms with E-state index in [1.807, 2.05) is 4.90 Å². The van der Waals surface area contributed by atoms with Crippen molar-refractivity contribution in [3.8, 4) is 0 Å². The molecule has 1 atom stereocenters. The minimum Gasteiger partial charge on any atom is -0.477 e. The van der Waals surface area contributed by atoms with E-state index in [9.17, 15) is 14.7 Å². The highest BCUT2D eigenvalue weighted by Crippen LogP contribution is 2.26. The zero-order valence-electron chi connectivity index (χ0n) is 11.7. The van der Waals surface area contributed by atoms with Crippen molar-refractivity contribution in [2.24, 2.45) is 7.05 Å². The fourth-order valence-electron chi connectivity index (χ4n) is 2.56. The molecule has 0 aliphatic carbocycles. The van der Waals surface area contributed by atoms with Crippen LogP contribution in [-0.4, -0.2) is 53.2 Å². The Kier molecular flexibility index (Phi) is 3.82. The van der Waals surface area contributed by atoms with Crippen LogP contribution in [-0.2, 0) is 11.8 Å². The van der Waals surface area contributed by atoms with Gasteiger partial charge in [-0.05, 0) is 13.3 Å². The second kappa shape index (κ2) is 5.40. The molecule has 2 rings (SSSR count). The van der Waals surface area contributed by atoms with Crippen LogP contribution in [0.4, 0.5) is 10.6 Å². The first-order chi connectivity index (χ1) is 9.43. The number of carboxylic acids is 1. The van der Waals surface area contributed by atoms with E-state index < -0.39 is 12.1 Å². The van der Waals surface area contributed by atoms with Gasteiger partial charge in [-0.1, -0.05) is 0 Å². The number of carbonyl (C=O) groups is 2. The van der Waals surface area contributed by atoms with Gasteiger partial charge in [-0.2, -0.15) is 5.10 Å². The van der Waals surface area contributed by atoms with Crippen molar-refractivity contribution in [2.75, 3.05) is 25.1 Å². The second-order valence-electron chi connectivity index (χ2n) is 4.78. The van der Waals surface area contributed by atoms with E-state index in [1.165, 1.54) is 7.11 Å². The number of aryl methyl sites for hydroxylation is 2. The Morgan fingerprint density at radius 3 is 2.80 bits per heavy atom. The van der Waals surface area contributed by atoms with Gasteiger partial charge in [0.2, 0.25) is 0 Å². The van der Waals surface area contributed by atoms with Crippen molar-refractivity contribution in [3.63, 3.8) is 0 Å². The summed E-state index contributed by atoms with van der Waals surface area (Å²) in [6.45, 7) is 2.87. The monoisotopic (exact) mass is 282 g/mol. The van der Waals surface area contributed by atoms with Gasteiger partial charge in [0, 0.05) is 20.1 Å². The zero-order chi connectivity index (χ0) is 14.9. The molecule has 1 aromatic heterocycles. The summed E-state index contributed by atoms with van der Waals surface area (Å²) in [6, 6.07) is -0.0562. The van der Waals surface area contributed by atoms with Crippen LogP contribution < -0.4 is 10.2 Å². The van der Waals surface area contributed by atoms with E-state index in [-0.39, 0.29) is 11.6 Å². The lowest BCUT2D eigenvalue weighted by molar-refractivity contribution is 0.0696. The summed E-state index contributed by atoms with van der Waals surface area (Å²) < 4.78 is 6.13. The van der Waals surface area contributed by atoms with Crippen molar-refractivity contribution in [1.82, 2.24) is 15.1 Å². The van der Waals surface area contributed by atoms with Crippen molar-refractivity contribution in [3.05, 3.63) is 11.3 Å². The molecule has 0 spiro atoms. The van der Waals surface area contributed by atoms with E-state index in [1.54, 1.807) is 18.7 Å². The Morgan fingerprint density at radius 2 is 2.20 bits per heavy atom. The fourth-order valence-corrected chi connectivity index (χ4v) is 2.56. The van der Waals surface area contributed by atoms with Crippen LogP contribution in [0, 0.1) is 6.92 Å². The highest BCUT2D eigenvalue weighted by Gasteiger charge is 2.30. The van der Waals surface area contributed by atoms with Crippen LogP contribution in [0.3, 0.4) is 0 Å². The molecule has 0 bridgehead atoms. The molecule has 2 heterocycles. The molecule has 20 heavy (non-hydrogen) atoms. The lowest BCUT2D eigenvalue weighted by atomic mass is 10.2. The molecule has 0 saturated carbocycles. The van der Waals surface area contributed by atoms with Crippen LogP contribution in [0.2, 0.25) is 0 Å². The first-order valence-electron chi connectivity index (χ1n) is 6.30. The number of hydrogen-bond donors (Lipinski definition) is 2. The van der Waals surface area contributed by atoms with Crippen molar-refractivity contribution in [1.29, 1.82) is 0 Å². The molecule has 1 amide bonds. The number of ether oxygens (including phenoxy) is 1. The summed E-state index contributed by atoms with van der Waals surface area (Å²) in [4.78, 5) is 24.5. The largest absolute Gasteiger partial charge is 0.477 e. The number of hydrogen-bond acceptors (Lipinski definition) is 5. The Balaban J connectivity index is 2.18. The maximum absolute atomic E-state index is 11.3. The molecule has 0 aromatic carbocycles. The van der Waals surface area contributed by atoms with Crippen LogP contribution in [0.1, 0.15) is 22.5 Å². The highest BCUT2D eigenvalue weighted by molar-refractivity contribution is 5.95. The Bertz CT molecular complexity index is 540. The van der Waals surface area contributed by atoms with Crippen molar-refractivity contribution in [2.45, 2.75) is 19.4 Å². The molecule has 1 aromatic rings. The van der Waals surface area contributed by atoms with Gasteiger partial charge in [-0.15, -0.1) is 0 Å². The second-order valence-corrected chi connectivity index (χ2v) is 4.78. The third kappa shape index (κ3) is 2.54. The third-order valence-electron chi connectivity index (χ3n) is 3.40. The summed E-state index contributed by atoms with van der Waals surface area (Å²) >= 11 is 0. The topological polar surface area (TPSA) is 96.7 Å². The molecule has 2 N–H and O–H groups in total. The van der Waals surface area contributed by atoms with Crippen molar-refractivity contribution < 1.29 is 19.4 Å². The number of rotatable bonds is 3. The average molecular weight is 282 g/mol. The number of nitrogens with zero attached hydrogens (tertiary/aromatic N) is 3. The van der Waals surface area contributed by atoms with E-state index in [4.69, 9.17) is 0 Å². The fraction of sp³-hybridized carbons (Fsp3) is 0.583. The number of carboxylic acid groups (broad SMARTS) is 1. The SMILES string of the molecule is COC(=O)NC1CCN(c2c(C(=O)O)c(C)nn2C)C1. The molecule has 1 aliphatic heterocycles. The van der Waals surface area contributed by atoms with Crippen LogP contribution in [0.25, 0.3) is 0 Å². The van der Waals surface area contributed by atoms with Gasteiger partial charge >= 0.3 is 12.1 Å². The summed E-state index contributed by atoms with van der Waals surface area (Å²) in [5, 5.41) is 16.2. The van der Waals surface area contributed by atoms with Gasteiger partial charge in [0.25, 0.3) is 0 Å². The van der Waals surface area contributed by atoms with Gasteiger partial charge < -0.3 is 20.1 Å². The zero-order valence-corrected chi connectivity index (χ0v) is 11.7. The van der Waals surface area contributed by atoms with Gasteiger partial charge in [-0.25, -0.2) is 9.59 Å². The van der Waals surface area contributed by atoms with E-state index >= 15 is 0 Å². The molecular weight excluding hydrogens is 264 g/mol. The minimum atomic E-state index is -0.991. The van der Waals surface area contributed by atoms with Gasteiger partial charge in [-0.3, -0.25) is 4.68 Å². The molecule has 8 nitrogen and oxygen atoms in total. The van der Waals surface area contributed by atoms with Gasteiger partial charge in [0.05, 0.1) is 18.8 Å². The first-order valence-corrected chi connectivity index (χ1v) is 6.30. The maximum atomic E-state index is 11.3. The molecular formula is C12H18N4O4. The number of amides is 1. The average Bonchev–Trinajstić information content (AvgIpc) is 2.93. The predicted molar refractivity (Wildman–Crippen MR) is 71.1 cm³/mol. The Hall–Kier alpha value is -2.25. The summed E-state index contributed by atoms with van der Waals surface area (Å²) in [7, 11) is 3.03. The highest BCUT2D eigenvalue weighted by atomic mass is 16.5. The number of nitrogens with one attached hydrogen (secondary N) is 1.